The largest absolute Gasteiger partial charge is 0.437 e. The summed E-state index contributed by atoms with van der Waals surface area (Å²) < 4.78 is 5.69. The molecular formula is C18H13ClN2O. The molecule has 4 rings (SSSR count). The van der Waals surface area contributed by atoms with E-state index >= 15 is 0 Å². The van der Waals surface area contributed by atoms with Gasteiger partial charge in [-0.1, -0.05) is 30.3 Å². The first-order chi connectivity index (χ1) is 10.4. The number of oxazole rings is 1. The minimum absolute atomic E-state index is 0. The first-order valence-corrected chi connectivity index (χ1v) is 6.76. The summed E-state index contributed by atoms with van der Waals surface area (Å²) in [5.41, 5.74) is 2.80. The molecule has 4 aromatic rings. The Balaban J connectivity index is 0.00000144. The van der Waals surface area contributed by atoms with E-state index in [0.717, 1.165) is 22.0 Å². The minimum atomic E-state index is 0. The Morgan fingerprint density at radius 3 is 2.73 bits per heavy atom. The second-order valence-corrected chi connectivity index (χ2v) is 4.80. The standard InChI is InChI=1S/C18H12N2O.ClH/c1-2-7-17-16(6-1)20-18(21-17)9-8-13-4-3-5-14-12-19-11-10-15(13)14;/h1-12H;1H/b9-8+;. The Kier molecular flexibility index (Phi) is 3.90. The van der Waals surface area contributed by atoms with Crippen LogP contribution in [0.4, 0.5) is 0 Å². The van der Waals surface area contributed by atoms with Gasteiger partial charge in [-0.2, -0.15) is 0 Å². The SMILES string of the molecule is C(=C\c1cccc2cnccc12)/c1nc2ccccc2o1.Cl. The molecule has 0 bridgehead atoms. The molecule has 3 nitrogen and oxygen atoms in total. The summed E-state index contributed by atoms with van der Waals surface area (Å²) >= 11 is 0. The fraction of sp³-hybridized carbons (Fsp3) is 0. The van der Waals surface area contributed by atoms with E-state index in [-0.39, 0.29) is 12.4 Å². The van der Waals surface area contributed by atoms with Crippen LogP contribution in [0.2, 0.25) is 0 Å². The average Bonchev–Trinajstić information content (AvgIpc) is 2.96. The van der Waals surface area contributed by atoms with E-state index < -0.39 is 0 Å². The van der Waals surface area contributed by atoms with E-state index in [4.69, 9.17) is 4.42 Å². The first-order valence-electron chi connectivity index (χ1n) is 6.76. The third-order valence-electron chi connectivity index (χ3n) is 3.43. The predicted molar refractivity (Wildman–Crippen MR) is 91.9 cm³/mol. The monoisotopic (exact) mass is 308 g/mol. The summed E-state index contributed by atoms with van der Waals surface area (Å²) in [7, 11) is 0. The zero-order chi connectivity index (χ0) is 14.1. The molecule has 0 atom stereocenters. The molecule has 0 N–H and O–H groups in total. The fourth-order valence-corrected chi connectivity index (χ4v) is 2.42. The maximum absolute atomic E-state index is 5.69. The van der Waals surface area contributed by atoms with Gasteiger partial charge in [0.25, 0.3) is 0 Å². The van der Waals surface area contributed by atoms with Crippen LogP contribution in [0.25, 0.3) is 34.0 Å². The number of pyridine rings is 1. The Morgan fingerprint density at radius 2 is 1.82 bits per heavy atom. The van der Waals surface area contributed by atoms with Crippen LogP contribution in [0.3, 0.4) is 0 Å². The summed E-state index contributed by atoms with van der Waals surface area (Å²) in [6.07, 6.45) is 7.59. The summed E-state index contributed by atoms with van der Waals surface area (Å²) in [4.78, 5) is 8.59. The number of para-hydroxylation sites is 2. The third-order valence-corrected chi connectivity index (χ3v) is 3.43. The lowest BCUT2D eigenvalue weighted by molar-refractivity contribution is 0.590. The molecule has 108 valence electrons. The number of rotatable bonds is 2. The van der Waals surface area contributed by atoms with Crippen LogP contribution in [-0.2, 0) is 0 Å². The van der Waals surface area contributed by atoms with Gasteiger partial charge < -0.3 is 4.42 Å². The van der Waals surface area contributed by atoms with Crippen molar-refractivity contribution in [3.8, 4) is 0 Å². The van der Waals surface area contributed by atoms with Crippen LogP contribution in [0.5, 0.6) is 0 Å². The molecule has 0 spiro atoms. The van der Waals surface area contributed by atoms with Gasteiger partial charge in [0.15, 0.2) is 5.58 Å². The van der Waals surface area contributed by atoms with E-state index in [1.165, 1.54) is 5.39 Å². The van der Waals surface area contributed by atoms with Gasteiger partial charge >= 0.3 is 0 Å². The lowest BCUT2D eigenvalue weighted by Crippen LogP contribution is -1.79. The number of benzene rings is 2. The molecule has 0 aliphatic carbocycles. The molecule has 2 heterocycles. The van der Waals surface area contributed by atoms with Gasteiger partial charge in [0.2, 0.25) is 5.89 Å². The van der Waals surface area contributed by atoms with Crippen molar-refractivity contribution in [3.63, 3.8) is 0 Å². The molecular weight excluding hydrogens is 296 g/mol. The van der Waals surface area contributed by atoms with E-state index in [0.29, 0.717) is 5.89 Å². The van der Waals surface area contributed by atoms with Crippen molar-refractivity contribution in [2.75, 3.05) is 0 Å². The molecule has 0 amide bonds. The van der Waals surface area contributed by atoms with E-state index in [2.05, 4.69) is 22.1 Å². The second-order valence-electron chi connectivity index (χ2n) is 4.80. The minimum Gasteiger partial charge on any atom is -0.437 e. The number of hydrogen-bond acceptors (Lipinski definition) is 3. The van der Waals surface area contributed by atoms with E-state index in [1.54, 1.807) is 6.20 Å². The molecule has 0 aliphatic rings. The Hall–Kier alpha value is -2.65. The molecule has 0 fully saturated rings. The topological polar surface area (TPSA) is 38.9 Å². The number of nitrogens with zero attached hydrogens (tertiary/aromatic N) is 2. The van der Waals surface area contributed by atoms with Crippen molar-refractivity contribution >= 4 is 46.4 Å². The van der Waals surface area contributed by atoms with Crippen molar-refractivity contribution in [1.82, 2.24) is 9.97 Å². The molecule has 0 saturated carbocycles. The molecule has 0 saturated heterocycles. The zero-order valence-corrected chi connectivity index (χ0v) is 12.5. The Morgan fingerprint density at radius 1 is 0.909 bits per heavy atom. The van der Waals surface area contributed by atoms with Gasteiger partial charge in [0.1, 0.15) is 5.52 Å². The maximum Gasteiger partial charge on any atom is 0.220 e. The highest BCUT2D eigenvalue weighted by Gasteiger charge is 2.02. The average molecular weight is 309 g/mol. The molecule has 22 heavy (non-hydrogen) atoms. The van der Waals surface area contributed by atoms with E-state index in [1.807, 2.05) is 54.7 Å². The van der Waals surface area contributed by atoms with Crippen LogP contribution in [0, 0.1) is 0 Å². The van der Waals surface area contributed by atoms with Crippen molar-refractivity contribution < 1.29 is 4.42 Å². The molecule has 4 heteroatoms. The smallest absolute Gasteiger partial charge is 0.220 e. The second kappa shape index (κ2) is 6.00. The van der Waals surface area contributed by atoms with Crippen LogP contribution >= 0.6 is 12.4 Å². The number of aromatic nitrogens is 2. The van der Waals surface area contributed by atoms with Crippen molar-refractivity contribution in [2.24, 2.45) is 0 Å². The highest BCUT2D eigenvalue weighted by Crippen LogP contribution is 2.21. The zero-order valence-electron chi connectivity index (χ0n) is 11.6. The van der Waals surface area contributed by atoms with Gasteiger partial charge in [-0.25, -0.2) is 4.98 Å². The third kappa shape index (κ3) is 2.59. The van der Waals surface area contributed by atoms with E-state index in [9.17, 15) is 0 Å². The van der Waals surface area contributed by atoms with Gasteiger partial charge in [-0.15, -0.1) is 12.4 Å². The first kappa shape index (κ1) is 14.3. The van der Waals surface area contributed by atoms with Crippen molar-refractivity contribution in [3.05, 3.63) is 72.4 Å². The van der Waals surface area contributed by atoms with Crippen molar-refractivity contribution in [1.29, 1.82) is 0 Å². The summed E-state index contributed by atoms with van der Waals surface area (Å²) in [5.74, 6) is 0.613. The molecule has 0 radical (unpaired) electrons. The van der Waals surface area contributed by atoms with Crippen LogP contribution in [0.15, 0.2) is 65.3 Å². The van der Waals surface area contributed by atoms with Gasteiger partial charge in [0, 0.05) is 23.9 Å². The molecule has 0 aliphatic heterocycles. The molecule has 2 aromatic heterocycles. The Labute approximate surface area is 133 Å². The number of fused-ring (bicyclic) bond motifs is 2. The normalized spacial score (nSPS) is 11.1. The highest BCUT2D eigenvalue weighted by molar-refractivity contribution is 5.92. The predicted octanol–water partition coefficient (Wildman–Crippen LogP) is 4.97. The highest BCUT2D eigenvalue weighted by atomic mass is 35.5. The van der Waals surface area contributed by atoms with Crippen LogP contribution in [-0.4, -0.2) is 9.97 Å². The maximum atomic E-state index is 5.69. The van der Waals surface area contributed by atoms with Crippen LogP contribution < -0.4 is 0 Å². The summed E-state index contributed by atoms with van der Waals surface area (Å²) in [6, 6.07) is 15.9. The fourth-order valence-electron chi connectivity index (χ4n) is 2.42. The summed E-state index contributed by atoms with van der Waals surface area (Å²) in [6.45, 7) is 0. The van der Waals surface area contributed by atoms with Gasteiger partial charge in [-0.3, -0.25) is 4.98 Å². The van der Waals surface area contributed by atoms with Crippen LogP contribution in [0.1, 0.15) is 11.5 Å². The lowest BCUT2D eigenvalue weighted by atomic mass is 10.1. The van der Waals surface area contributed by atoms with Gasteiger partial charge in [-0.05, 0) is 35.2 Å². The summed E-state index contributed by atoms with van der Waals surface area (Å²) in [5, 5.41) is 2.29. The molecule has 2 aromatic carbocycles. The van der Waals surface area contributed by atoms with Crippen molar-refractivity contribution in [2.45, 2.75) is 0 Å². The lowest BCUT2D eigenvalue weighted by Gasteiger charge is -2.00. The Bertz CT molecular complexity index is 921. The quantitative estimate of drug-likeness (QED) is 0.525. The molecule has 0 unspecified atom stereocenters. The number of hydrogen-bond donors (Lipinski definition) is 0. The van der Waals surface area contributed by atoms with Gasteiger partial charge in [0.05, 0.1) is 0 Å². The number of halogens is 1.